The molecule has 8 heteroatoms. The van der Waals surface area contributed by atoms with Gasteiger partial charge in [0.25, 0.3) is 10.0 Å². The van der Waals surface area contributed by atoms with Crippen LogP contribution in [0.25, 0.3) is 0 Å². The molecule has 144 valence electrons. The van der Waals surface area contributed by atoms with E-state index in [0.717, 1.165) is 29.3 Å². The number of anilines is 1. The van der Waals surface area contributed by atoms with E-state index >= 15 is 0 Å². The maximum Gasteiger partial charge on any atom is 0.264 e. The molecule has 0 bridgehead atoms. The van der Waals surface area contributed by atoms with Gasteiger partial charge in [0, 0.05) is 13.2 Å². The van der Waals surface area contributed by atoms with Crippen molar-refractivity contribution < 1.29 is 22.3 Å². The zero-order chi connectivity index (χ0) is 19.3. The van der Waals surface area contributed by atoms with Crippen LogP contribution in [0.2, 0.25) is 0 Å². The van der Waals surface area contributed by atoms with Gasteiger partial charge >= 0.3 is 0 Å². The van der Waals surface area contributed by atoms with Gasteiger partial charge in [-0.05, 0) is 49.2 Å². The van der Waals surface area contributed by atoms with E-state index in [0.29, 0.717) is 13.2 Å². The minimum Gasteiger partial charge on any atom is -0.376 e. The van der Waals surface area contributed by atoms with E-state index in [9.17, 15) is 17.6 Å². The molecule has 1 heterocycles. The van der Waals surface area contributed by atoms with Crippen molar-refractivity contribution >= 4 is 21.6 Å². The summed E-state index contributed by atoms with van der Waals surface area (Å²) in [7, 11) is -3.98. The molecule has 1 unspecified atom stereocenters. The van der Waals surface area contributed by atoms with Crippen molar-refractivity contribution in [1.29, 1.82) is 0 Å². The number of rotatable bonds is 7. The summed E-state index contributed by atoms with van der Waals surface area (Å²) in [4.78, 5) is 12.4. The Morgan fingerprint density at radius 3 is 2.48 bits per heavy atom. The first-order chi connectivity index (χ1) is 13.0. The normalized spacial score (nSPS) is 16.9. The van der Waals surface area contributed by atoms with Crippen LogP contribution in [0.1, 0.15) is 12.8 Å². The Labute approximate surface area is 158 Å². The number of nitrogens with zero attached hydrogens (tertiary/aromatic N) is 1. The van der Waals surface area contributed by atoms with Gasteiger partial charge in [0.1, 0.15) is 12.4 Å². The fourth-order valence-electron chi connectivity index (χ4n) is 2.86. The first kappa shape index (κ1) is 19.3. The van der Waals surface area contributed by atoms with Crippen LogP contribution < -0.4 is 9.62 Å². The summed E-state index contributed by atoms with van der Waals surface area (Å²) in [5.74, 6) is -0.937. The minimum atomic E-state index is -3.98. The number of nitrogens with one attached hydrogen (secondary N) is 1. The van der Waals surface area contributed by atoms with Crippen LogP contribution in [0.5, 0.6) is 0 Å². The second-order valence-corrected chi connectivity index (χ2v) is 8.10. The average Bonchev–Trinajstić information content (AvgIpc) is 3.19. The first-order valence-electron chi connectivity index (χ1n) is 8.68. The van der Waals surface area contributed by atoms with Gasteiger partial charge in [-0.3, -0.25) is 9.10 Å². The summed E-state index contributed by atoms with van der Waals surface area (Å²) in [5.41, 5.74) is 0.215. The number of halogens is 1. The summed E-state index contributed by atoms with van der Waals surface area (Å²) < 4.78 is 45.8. The van der Waals surface area contributed by atoms with Crippen LogP contribution in [-0.2, 0) is 19.6 Å². The summed E-state index contributed by atoms with van der Waals surface area (Å²) in [6.45, 7) is 0.599. The van der Waals surface area contributed by atoms with E-state index in [2.05, 4.69) is 5.32 Å². The predicted molar refractivity (Wildman–Crippen MR) is 99.4 cm³/mol. The van der Waals surface area contributed by atoms with Gasteiger partial charge in [0.2, 0.25) is 5.91 Å². The van der Waals surface area contributed by atoms with Crippen LogP contribution in [-0.4, -0.2) is 40.1 Å². The van der Waals surface area contributed by atoms with E-state index in [1.54, 1.807) is 18.2 Å². The molecule has 27 heavy (non-hydrogen) atoms. The van der Waals surface area contributed by atoms with Gasteiger partial charge < -0.3 is 10.1 Å². The summed E-state index contributed by atoms with van der Waals surface area (Å²) in [5, 5.41) is 2.72. The van der Waals surface area contributed by atoms with Crippen molar-refractivity contribution in [2.24, 2.45) is 0 Å². The zero-order valence-electron chi connectivity index (χ0n) is 14.7. The van der Waals surface area contributed by atoms with E-state index in [4.69, 9.17) is 4.74 Å². The second kappa shape index (κ2) is 8.49. The summed E-state index contributed by atoms with van der Waals surface area (Å²) in [6.07, 6.45) is 1.77. The highest BCUT2D eigenvalue weighted by Crippen LogP contribution is 2.23. The van der Waals surface area contributed by atoms with Gasteiger partial charge in [-0.1, -0.05) is 18.2 Å². The molecule has 0 aromatic heterocycles. The Balaban J connectivity index is 1.81. The van der Waals surface area contributed by atoms with Gasteiger partial charge in [-0.15, -0.1) is 0 Å². The predicted octanol–water partition coefficient (Wildman–Crippen LogP) is 2.32. The molecule has 3 rings (SSSR count). The van der Waals surface area contributed by atoms with Crippen LogP contribution in [0.4, 0.5) is 10.1 Å². The number of carbonyl (C=O) groups excluding carboxylic acids is 1. The largest absolute Gasteiger partial charge is 0.376 e. The molecule has 6 nitrogen and oxygen atoms in total. The molecule has 1 aliphatic rings. The number of carbonyl (C=O) groups is 1. The highest BCUT2D eigenvalue weighted by molar-refractivity contribution is 7.92. The van der Waals surface area contributed by atoms with Crippen LogP contribution >= 0.6 is 0 Å². The van der Waals surface area contributed by atoms with Gasteiger partial charge in [0.05, 0.1) is 16.7 Å². The minimum absolute atomic E-state index is 0.0426. The number of sulfonamides is 1. The first-order valence-corrected chi connectivity index (χ1v) is 10.1. The van der Waals surface area contributed by atoms with E-state index < -0.39 is 28.3 Å². The molecule has 1 amide bonds. The van der Waals surface area contributed by atoms with Gasteiger partial charge in [-0.25, -0.2) is 12.8 Å². The van der Waals surface area contributed by atoms with Crippen LogP contribution in [0.15, 0.2) is 59.5 Å². The van der Waals surface area contributed by atoms with Crippen molar-refractivity contribution in [3.05, 3.63) is 60.4 Å². The Morgan fingerprint density at radius 2 is 1.85 bits per heavy atom. The van der Waals surface area contributed by atoms with E-state index in [-0.39, 0.29) is 16.7 Å². The maximum atomic E-state index is 13.3. The van der Waals surface area contributed by atoms with Gasteiger partial charge in [-0.2, -0.15) is 0 Å². The third kappa shape index (κ3) is 4.84. The number of benzene rings is 2. The highest BCUT2D eigenvalue weighted by atomic mass is 32.2. The molecule has 0 spiro atoms. The lowest BCUT2D eigenvalue weighted by Crippen LogP contribution is -2.42. The number of ether oxygens (including phenoxy) is 1. The molecule has 0 aliphatic carbocycles. The zero-order valence-corrected chi connectivity index (χ0v) is 15.5. The lowest BCUT2D eigenvalue weighted by Gasteiger charge is -2.24. The van der Waals surface area contributed by atoms with Crippen molar-refractivity contribution in [3.8, 4) is 0 Å². The fourth-order valence-corrected chi connectivity index (χ4v) is 4.30. The quantitative estimate of drug-likeness (QED) is 0.785. The molecular formula is C19H21FN2O4S. The molecule has 1 aliphatic heterocycles. The monoisotopic (exact) mass is 392 g/mol. The Kier molecular flexibility index (Phi) is 6.08. The topological polar surface area (TPSA) is 75.7 Å². The Hall–Kier alpha value is -2.45. The fraction of sp³-hybridized carbons (Fsp3) is 0.316. The molecular weight excluding hydrogens is 371 g/mol. The number of amides is 1. The van der Waals surface area contributed by atoms with Gasteiger partial charge in [0.15, 0.2) is 0 Å². The summed E-state index contributed by atoms with van der Waals surface area (Å²) >= 11 is 0. The van der Waals surface area contributed by atoms with E-state index in [1.807, 2.05) is 0 Å². The molecule has 2 aromatic rings. The van der Waals surface area contributed by atoms with E-state index in [1.165, 1.54) is 24.3 Å². The Morgan fingerprint density at radius 1 is 1.15 bits per heavy atom. The maximum absolute atomic E-state index is 13.3. The molecule has 1 atom stereocenters. The standard InChI is InChI=1S/C19H21FN2O4S/c20-15-8-10-16(11-9-15)22(27(24,25)18-6-2-1-3-7-18)14-19(23)21-13-17-5-4-12-26-17/h1-3,6-11,17H,4-5,12-14H2,(H,21,23). The molecule has 0 radical (unpaired) electrons. The lowest BCUT2D eigenvalue weighted by atomic mass is 10.2. The Bertz CT molecular complexity index is 866. The third-order valence-electron chi connectivity index (χ3n) is 4.28. The van der Waals surface area contributed by atoms with Crippen molar-refractivity contribution in [1.82, 2.24) is 5.32 Å². The number of hydrogen-bond donors (Lipinski definition) is 1. The SMILES string of the molecule is O=C(CN(c1ccc(F)cc1)S(=O)(=O)c1ccccc1)NCC1CCCO1. The van der Waals surface area contributed by atoms with Crippen molar-refractivity contribution in [2.75, 3.05) is 24.0 Å². The molecule has 1 N–H and O–H groups in total. The molecule has 1 saturated heterocycles. The lowest BCUT2D eigenvalue weighted by molar-refractivity contribution is -0.120. The number of hydrogen-bond acceptors (Lipinski definition) is 4. The van der Waals surface area contributed by atoms with Crippen molar-refractivity contribution in [3.63, 3.8) is 0 Å². The summed E-state index contributed by atoms with van der Waals surface area (Å²) in [6, 6.07) is 12.8. The third-order valence-corrected chi connectivity index (χ3v) is 6.07. The smallest absolute Gasteiger partial charge is 0.264 e. The van der Waals surface area contributed by atoms with Crippen LogP contribution in [0, 0.1) is 5.82 Å². The van der Waals surface area contributed by atoms with Crippen molar-refractivity contribution in [2.45, 2.75) is 23.8 Å². The highest BCUT2D eigenvalue weighted by Gasteiger charge is 2.27. The average molecular weight is 392 g/mol. The second-order valence-electron chi connectivity index (χ2n) is 6.24. The molecule has 2 aromatic carbocycles. The molecule has 1 fully saturated rings. The van der Waals surface area contributed by atoms with Crippen LogP contribution in [0.3, 0.4) is 0 Å². The molecule has 0 saturated carbocycles.